The van der Waals surface area contributed by atoms with Gasteiger partial charge in [-0.1, -0.05) is 153 Å². The number of hydrogen-bond donors (Lipinski definition) is 0. The van der Waals surface area contributed by atoms with E-state index in [-0.39, 0.29) is 5.41 Å². The minimum atomic E-state index is -0.0814. The SMILES string of the molecule is CC1(C)c2cc3ccccc3cc2-c2c(-c3ccc(-c4cc(-c5ccccc5-c5cc6ccccc6s5)nc(-c5ccccc5)n4)cc3)cccc21. The zero-order valence-electron chi connectivity index (χ0n) is 29.0. The van der Waals surface area contributed by atoms with E-state index < -0.39 is 0 Å². The zero-order chi connectivity index (χ0) is 34.8. The van der Waals surface area contributed by atoms with Gasteiger partial charge in [-0.2, -0.15) is 0 Å². The van der Waals surface area contributed by atoms with E-state index in [1.165, 1.54) is 64.7 Å². The molecule has 0 amide bonds. The lowest BCUT2D eigenvalue weighted by atomic mass is 9.81. The predicted octanol–water partition coefficient (Wildman–Crippen LogP) is 13.5. The fourth-order valence-corrected chi connectivity index (χ4v) is 9.12. The third-order valence-electron chi connectivity index (χ3n) is 10.7. The maximum atomic E-state index is 5.19. The second-order valence-electron chi connectivity index (χ2n) is 14.2. The van der Waals surface area contributed by atoms with Gasteiger partial charge in [-0.25, -0.2) is 9.97 Å². The molecule has 0 radical (unpaired) electrons. The van der Waals surface area contributed by atoms with Crippen molar-refractivity contribution in [2.45, 2.75) is 19.3 Å². The van der Waals surface area contributed by atoms with Gasteiger partial charge in [0.15, 0.2) is 5.82 Å². The van der Waals surface area contributed by atoms with E-state index in [2.05, 4.69) is 166 Å². The van der Waals surface area contributed by atoms with Crippen LogP contribution in [0, 0.1) is 0 Å². The fraction of sp³-hybridized carbons (Fsp3) is 0.0612. The fourth-order valence-electron chi connectivity index (χ4n) is 8.02. The van der Waals surface area contributed by atoms with E-state index in [1.807, 2.05) is 29.5 Å². The lowest BCUT2D eigenvalue weighted by molar-refractivity contribution is 0.661. The summed E-state index contributed by atoms with van der Waals surface area (Å²) >= 11 is 1.82. The van der Waals surface area contributed by atoms with E-state index in [9.17, 15) is 0 Å². The summed E-state index contributed by atoms with van der Waals surface area (Å²) in [6.07, 6.45) is 0. The molecule has 1 aliphatic carbocycles. The van der Waals surface area contributed by atoms with Crippen LogP contribution in [0.5, 0.6) is 0 Å². The van der Waals surface area contributed by atoms with Crippen LogP contribution in [0.3, 0.4) is 0 Å². The topological polar surface area (TPSA) is 25.8 Å². The number of fused-ring (bicyclic) bond motifs is 5. The standard InChI is InChI=1S/C49H34N2S/c1-49(2)41-21-12-20-37(47(41)40-27-34-15-6-7-16-35(34)28-42(40)49)31-23-25-32(26-24-31)43-30-44(51-48(50-43)33-13-4-3-5-14-33)38-18-9-10-19-39(38)46-29-36-17-8-11-22-45(36)52-46/h3-30H,1-2H3. The smallest absolute Gasteiger partial charge is 0.160 e. The molecule has 0 aliphatic heterocycles. The molecule has 0 saturated carbocycles. The Balaban J connectivity index is 1.09. The first-order valence-electron chi connectivity index (χ1n) is 17.8. The molecule has 0 spiro atoms. The maximum absolute atomic E-state index is 5.19. The number of aromatic nitrogens is 2. The Morgan fingerprint density at radius 3 is 1.85 bits per heavy atom. The van der Waals surface area contributed by atoms with Gasteiger partial charge in [0.2, 0.25) is 0 Å². The second-order valence-corrected chi connectivity index (χ2v) is 15.3. The highest BCUT2D eigenvalue weighted by Gasteiger charge is 2.37. The summed E-state index contributed by atoms with van der Waals surface area (Å²) in [4.78, 5) is 11.6. The van der Waals surface area contributed by atoms with Crippen molar-refractivity contribution >= 4 is 32.2 Å². The summed E-state index contributed by atoms with van der Waals surface area (Å²) in [6.45, 7) is 4.71. The molecule has 246 valence electrons. The highest BCUT2D eigenvalue weighted by Crippen LogP contribution is 2.53. The molecule has 2 nitrogen and oxygen atoms in total. The molecule has 0 bridgehead atoms. The Morgan fingerprint density at radius 2 is 1.06 bits per heavy atom. The molecule has 2 heterocycles. The van der Waals surface area contributed by atoms with Crippen LogP contribution in [-0.2, 0) is 5.41 Å². The number of nitrogens with zero attached hydrogens (tertiary/aromatic N) is 2. The second kappa shape index (κ2) is 12.0. The van der Waals surface area contributed by atoms with Gasteiger partial charge in [0.1, 0.15) is 0 Å². The summed E-state index contributed by atoms with van der Waals surface area (Å²) in [7, 11) is 0. The van der Waals surface area contributed by atoms with Gasteiger partial charge in [0, 0.05) is 37.2 Å². The number of thiophene rings is 1. The Kier molecular flexibility index (Phi) is 7.06. The summed E-state index contributed by atoms with van der Waals surface area (Å²) in [5, 5.41) is 3.83. The van der Waals surface area contributed by atoms with E-state index in [0.717, 1.165) is 33.9 Å². The van der Waals surface area contributed by atoms with E-state index in [4.69, 9.17) is 9.97 Å². The van der Waals surface area contributed by atoms with Crippen molar-refractivity contribution < 1.29 is 0 Å². The Bertz CT molecular complexity index is 2780. The van der Waals surface area contributed by atoms with Crippen molar-refractivity contribution in [3.63, 3.8) is 0 Å². The van der Waals surface area contributed by atoms with Crippen molar-refractivity contribution in [2.24, 2.45) is 0 Å². The largest absolute Gasteiger partial charge is 0.228 e. The van der Waals surface area contributed by atoms with Crippen molar-refractivity contribution in [3.05, 3.63) is 181 Å². The molecule has 3 heteroatoms. The number of hydrogen-bond acceptors (Lipinski definition) is 3. The zero-order valence-corrected chi connectivity index (χ0v) is 29.8. The average Bonchev–Trinajstić information content (AvgIpc) is 3.73. The van der Waals surface area contributed by atoms with Crippen LogP contribution in [0.25, 0.3) is 87.5 Å². The van der Waals surface area contributed by atoms with Gasteiger partial charge in [-0.3, -0.25) is 0 Å². The lowest BCUT2D eigenvalue weighted by Gasteiger charge is -2.22. The van der Waals surface area contributed by atoms with E-state index >= 15 is 0 Å². The summed E-state index contributed by atoms with van der Waals surface area (Å²) in [6, 6.07) is 61.2. The third kappa shape index (κ3) is 5.00. The summed E-state index contributed by atoms with van der Waals surface area (Å²) in [5.41, 5.74) is 14.0. The average molecular weight is 683 g/mol. The highest BCUT2D eigenvalue weighted by atomic mass is 32.1. The van der Waals surface area contributed by atoms with Crippen LogP contribution in [0.15, 0.2) is 170 Å². The van der Waals surface area contributed by atoms with Crippen molar-refractivity contribution in [2.75, 3.05) is 0 Å². The molecule has 0 N–H and O–H groups in total. The van der Waals surface area contributed by atoms with Crippen LogP contribution in [0.4, 0.5) is 0 Å². The molecule has 0 saturated heterocycles. The normalized spacial score (nSPS) is 13.0. The molecule has 9 aromatic rings. The van der Waals surface area contributed by atoms with E-state index in [1.54, 1.807) is 0 Å². The first-order chi connectivity index (χ1) is 25.5. The predicted molar refractivity (Wildman–Crippen MR) is 220 cm³/mol. The molecular weight excluding hydrogens is 649 g/mol. The van der Waals surface area contributed by atoms with Crippen LogP contribution >= 0.6 is 11.3 Å². The van der Waals surface area contributed by atoms with Crippen LogP contribution in [0.2, 0.25) is 0 Å². The first-order valence-corrected chi connectivity index (χ1v) is 18.6. The quantitative estimate of drug-likeness (QED) is 0.181. The Morgan fingerprint density at radius 1 is 0.423 bits per heavy atom. The van der Waals surface area contributed by atoms with Crippen LogP contribution in [-0.4, -0.2) is 9.97 Å². The molecule has 1 aliphatic rings. The van der Waals surface area contributed by atoms with Crippen molar-refractivity contribution in [3.8, 4) is 66.6 Å². The van der Waals surface area contributed by atoms with Gasteiger partial charge >= 0.3 is 0 Å². The van der Waals surface area contributed by atoms with Crippen LogP contribution in [0.1, 0.15) is 25.0 Å². The molecular formula is C49H34N2S. The minimum Gasteiger partial charge on any atom is -0.228 e. The third-order valence-corrected chi connectivity index (χ3v) is 11.9. The molecule has 2 aromatic heterocycles. The first kappa shape index (κ1) is 30.6. The molecule has 10 rings (SSSR count). The van der Waals surface area contributed by atoms with Gasteiger partial charge in [-0.05, 0) is 79.9 Å². The van der Waals surface area contributed by atoms with E-state index in [0.29, 0.717) is 0 Å². The monoisotopic (exact) mass is 682 g/mol. The van der Waals surface area contributed by atoms with Gasteiger partial charge in [0.25, 0.3) is 0 Å². The van der Waals surface area contributed by atoms with Gasteiger partial charge in [-0.15, -0.1) is 11.3 Å². The van der Waals surface area contributed by atoms with Crippen molar-refractivity contribution in [1.29, 1.82) is 0 Å². The minimum absolute atomic E-state index is 0.0814. The highest BCUT2D eigenvalue weighted by molar-refractivity contribution is 7.22. The Hall–Kier alpha value is -6.16. The molecule has 7 aromatic carbocycles. The van der Waals surface area contributed by atoms with Crippen molar-refractivity contribution in [1.82, 2.24) is 9.97 Å². The number of rotatable bonds is 5. The number of benzene rings is 7. The molecule has 52 heavy (non-hydrogen) atoms. The Labute approximate surface area is 307 Å². The molecule has 0 unspecified atom stereocenters. The molecule has 0 atom stereocenters. The lowest BCUT2D eigenvalue weighted by Crippen LogP contribution is -2.14. The van der Waals surface area contributed by atoms with Gasteiger partial charge < -0.3 is 0 Å². The molecule has 0 fully saturated rings. The summed E-state index contributed by atoms with van der Waals surface area (Å²) in [5.74, 6) is 0.718. The van der Waals surface area contributed by atoms with Crippen LogP contribution < -0.4 is 0 Å². The van der Waals surface area contributed by atoms with Gasteiger partial charge in [0.05, 0.1) is 11.4 Å². The summed E-state index contributed by atoms with van der Waals surface area (Å²) < 4.78 is 1.28. The maximum Gasteiger partial charge on any atom is 0.160 e.